The second kappa shape index (κ2) is 5.42. The Hall–Kier alpha value is -1.67. The second-order valence-electron chi connectivity index (χ2n) is 2.99. The van der Waals surface area contributed by atoms with Gasteiger partial charge in [-0.15, -0.1) is 11.3 Å². The molecular formula is C12H10N2OS. The van der Waals surface area contributed by atoms with E-state index in [0.29, 0.717) is 0 Å². The fourth-order valence-electron chi connectivity index (χ4n) is 1.22. The molecule has 16 heavy (non-hydrogen) atoms. The van der Waals surface area contributed by atoms with E-state index in [4.69, 9.17) is 5.90 Å². The van der Waals surface area contributed by atoms with E-state index >= 15 is 0 Å². The van der Waals surface area contributed by atoms with Crippen molar-refractivity contribution < 1.29 is 4.84 Å². The van der Waals surface area contributed by atoms with Crippen LogP contribution < -0.4 is 5.90 Å². The lowest BCUT2D eigenvalue weighted by Gasteiger charge is -1.92. The first-order chi connectivity index (χ1) is 7.90. The molecule has 0 amide bonds. The van der Waals surface area contributed by atoms with Crippen LogP contribution in [0.3, 0.4) is 0 Å². The molecule has 0 radical (unpaired) electrons. The molecule has 2 N–H and O–H groups in total. The highest BCUT2D eigenvalue weighted by Crippen LogP contribution is 2.25. The Labute approximate surface area is 97.9 Å². The molecule has 3 nitrogen and oxygen atoms in total. The summed E-state index contributed by atoms with van der Waals surface area (Å²) in [6.45, 7) is 0.247. The van der Waals surface area contributed by atoms with Gasteiger partial charge in [-0.3, -0.25) is 9.82 Å². The van der Waals surface area contributed by atoms with Crippen molar-refractivity contribution in [1.29, 1.82) is 0 Å². The molecule has 0 aromatic carbocycles. The van der Waals surface area contributed by atoms with Crippen LogP contribution in [0.15, 0.2) is 36.5 Å². The predicted molar refractivity (Wildman–Crippen MR) is 64.6 cm³/mol. The molecule has 2 rings (SSSR count). The molecule has 0 saturated carbocycles. The van der Waals surface area contributed by atoms with Crippen LogP contribution in [0.5, 0.6) is 0 Å². The van der Waals surface area contributed by atoms with E-state index in [-0.39, 0.29) is 6.61 Å². The van der Waals surface area contributed by atoms with Gasteiger partial charge < -0.3 is 0 Å². The van der Waals surface area contributed by atoms with E-state index in [1.807, 2.05) is 30.3 Å². The highest BCUT2D eigenvalue weighted by Gasteiger charge is 2.01. The Morgan fingerprint density at radius 3 is 3.00 bits per heavy atom. The van der Waals surface area contributed by atoms with Gasteiger partial charge in [0.15, 0.2) is 0 Å². The van der Waals surface area contributed by atoms with Crippen LogP contribution in [0.25, 0.3) is 10.6 Å². The molecule has 0 fully saturated rings. The Morgan fingerprint density at radius 1 is 1.31 bits per heavy atom. The summed E-state index contributed by atoms with van der Waals surface area (Å²) in [5, 5.41) is 0. The number of nitrogens with zero attached hydrogens (tertiary/aromatic N) is 1. The number of nitrogens with two attached hydrogens (primary N) is 1. The third kappa shape index (κ3) is 2.67. The molecule has 80 valence electrons. The molecule has 0 aliphatic rings. The summed E-state index contributed by atoms with van der Waals surface area (Å²) < 4.78 is 0. The first-order valence-corrected chi connectivity index (χ1v) is 5.53. The standard InChI is InChI=1S/C12H10N2OS/c13-15-9-3-4-10-6-7-12(16-10)11-5-1-2-8-14-11/h1-2,5-8H,9,13H2. The van der Waals surface area contributed by atoms with E-state index in [1.165, 1.54) is 0 Å². The maximum Gasteiger partial charge on any atom is 0.129 e. The normalized spacial score (nSPS) is 9.56. The van der Waals surface area contributed by atoms with Gasteiger partial charge in [0.05, 0.1) is 15.4 Å². The molecule has 2 heterocycles. The van der Waals surface area contributed by atoms with Crippen LogP contribution in [0.4, 0.5) is 0 Å². The van der Waals surface area contributed by atoms with Crippen molar-refractivity contribution >= 4 is 11.3 Å². The van der Waals surface area contributed by atoms with Gasteiger partial charge in [-0.2, -0.15) is 0 Å². The van der Waals surface area contributed by atoms with Gasteiger partial charge in [0.1, 0.15) is 6.61 Å². The highest BCUT2D eigenvalue weighted by atomic mass is 32.1. The first kappa shape index (κ1) is 10.8. The SMILES string of the molecule is NOCC#Cc1ccc(-c2ccccn2)s1. The number of aromatic nitrogens is 1. The Balaban J connectivity index is 2.18. The molecule has 4 heteroatoms. The Morgan fingerprint density at radius 2 is 2.25 bits per heavy atom. The molecule has 0 saturated heterocycles. The molecule has 0 unspecified atom stereocenters. The Bertz CT molecular complexity index is 511. The average Bonchev–Trinajstić information content (AvgIpc) is 2.79. The van der Waals surface area contributed by atoms with Crippen LogP contribution in [0, 0.1) is 11.8 Å². The van der Waals surface area contributed by atoms with Crippen molar-refractivity contribution in [3.63, 3.8) is 0 Å². The molecule has 2 aromatic rings. The fraction of sp³-hybridized carbons (Fsp3) is 0.0833. The zero-order valence-electron chi connectivity index (χ0n) is 8.51. The van der Waals surface area contributed by atoms with Crippen molar-refractivity contribution in [3.8, 4) is 22.4 Å². The smallest absolute Gasteiger partial charge is 0.129 e. The molecule has 0 aliphatic carbocycles. The summed E-state index contributed by atoms with van der Waals surface area (Å²) in [6.07, 6.45) is 1.78. The van der Waals surface area contributed by atoms with Gasteiger partial charge in [0.25, 0.3) is 0 Å². The maximum absolute atomic E-state index is 4.88. The maximum atomic E-state index is 4.88. The van der Waals surface area contributed by atoms with Crippen molar-refractivity contribution in [1.82, 2.24) is 4.98 Å². The van der Waals surface area contributed by atoms with Gasteiger partial charge >= 0.3 is 0 Å². The minimum atomic E-state index is 0.247. The number of hydrogen-bond acceptors (Lipinski definition) is 4. The topological polar surface area (TPSA) is 48.1 Å². The summed E-state index contributed by atoms with van der Waals surface area (Å²) in [6, 6.07) is 9.83. The molecular weight excluding hydrogens is 220 g/mol. The lowest BCUT2D eigenvalue weighted by molar-refractivity contribution is 0.173. The quantitative estimate of drug-likeness (QED) is 0.634. The number of thiophene rings is 1. The van der Waals surface area contributed by atoms with Crippen LogP contribution in [-0.4, -0.2) is 11.6 Å². The van der Waals surface area contributed by atoms with Gasteiger partial charge in [0, 0.05) is 6.20 Å². The predicted octanol–water partition coefficient (Wildman–Crippen LogP) is 2.05. The van der Waals surface area contributed by atoms with E-state index < -0.39 is 0 Å². The van der Waals surface area contributed by atoms with Crippen LogP contribution in [-0.2, 0) is 4.84 Å². The van der Waals surface area contributed by atoms with E-state index in [2.05, 4.69) is 21.7 Å². The van der Waals surface area contributed by atoms with Crippen LogP contribution in [0.2, 0.25) is 0 Å². The first-order valence-electron chi connectivity index (χ1n) is 4.72. The molecule has 0 spiro atoms. The third-order valence-electron chi connectivity index (χ3n) is 1.89. The van der Waals surface area contributed by atoms with Crippen LogP contribution in [0.1, 0.15) is 4.88 Å². The monoisotopic (exact) mass is 230 g/mol. The molecule has 0 aliphatic heterocycles. The van der Waals surface area contributed by atoms with Crippen molar-refractivity contribution in [3.05, 3.63) is 41.4 Å². The lowest BCUT2D eigenvalue weighted by atomic mass is 10.3. The van der Waals surface area contributed by atoms with Gasteiger partial charge in [0.2, 0.25) is 0 Å². The third-order valence-corrected chi connectivity index (χ3v) is 2.91. The summed E-state index contributed by atoms with van der Waals surface area (Å²) in [5.41, 5.74) is 0.968. The minimum Gasteiger partial charge on any atom is -0.292 e. The van der Waals surface area contributed by atoms with E-state index in [9.17, 15) is 0 Å². The van der Waals surface area contributed by atoms with Crippen molar-refractivity contribution in [2.45, 2.75) is 0 Å². The summed E-state index contributed by atoms with van der Waals surface area (Å²) in [7, 11) is 0. The van der Waals surface area contributed by atoms with Gasteiger partial charge in [-0.05, 0) is 24.3 Å². The largest absolute Gasteiger partial charge is 0.292 e. The molecule has 2 aromatic heterocycles. The molecule has 0 atom stereocenters. The average molecular weight is 230 g/mol. The zero-order valence-corrected chi connectivity index (χ0v) is 9.33. The van der Waals surface area contributed by atoms with E-state index in [1.54, 1.807) is 17.5 Å². The van der Waals surface area contributed by atoms with Crippen molar-refractivity contribution in [2.24, 2.45) is 5.90 Å². The number of hydrogen-bond donors (Lipinski definition) is 1. The van der Waals surface area contributed by atoms with Gasteiger partial charge in [-0.1, -0.05) is 17.9 Å². The zero-order chi connectivity index (χ0) is 11.2. The number of rotatable bonds is 2. The minimum absolute atomic E-state index is 0.247. The molecule has 0 bridgehead atoms. The van der Waals surface area contributed by atoms with Crippen molar-refractivity contribution in [2.75, 3.05) is 6.61 Å². The summed E-state index contributed by atoms with van der Waals surface area (Å²) in [5.74, 6) is 10.7. The fourth-order valence-corrected chi connectivity index (χ4v) is 2.07. The summed E-state index contributed by atoms with van der Waals surface area (Å²) >= 11 is 1.60. The van der Waals surface area contributed by atoms with Gasteiger partial charge in [-0.25, -0.2) is 5.90 Å². The lowest BCUT2D eigenvalue weighted by Crippen LogP contribution is -1.97. The van der Waals surface area contributed by atoms with E-state index in [0.717, 1.165) is 15.4 Å². The Kier molecular flexibility index (Phi) is 3.67. The summed E-state index contributed by atoms with van der Waals surface area (Å²) in [4.78, 5) is 10.7. The van der Waals surface area contributed by atoms with Crippen LogP contribution >= 0.6 is 11.3 Å². The second-order valence-corrected chi connectivity index (χ2v) is 4.08. The highest BCUT2D eigenvalue weighted by molar-refractivity contribution is 7.16. The number of pyridine rings is 1.